The summed E-state index contributed by atoms with van der Waals surface area (Å²) in [4.78, 5) is 28.4. The van der Waals surface area contributed by atoms with Crippen LogP contribution in [-0.2, 0) is 9.53 Å². The number of pyridine rings is 1. The Bertz CT molecular complexity index is 879. The van der Waals surface area contributed by atoms with Crippen LogP contribution in [-0.4, -0.2) is 34.5 Å². The molecule has 1 aromatic carbocycles. The fourth-order valence-electron chi connectivity index (χ4n) is 2.77. The highest BCUT2D eigenvalue weighted by Gasteiger charge is 2.41. The number of nitrogens with zero attached hydrogens (tertiary/aromatic N) is 2. The molecule has 0 aliphatic carbocycles. The number of rotatable bonds is 5. The number of halogens is 4. The van der Waals surface area contributed by atoms with Crippen LogP contribution in [0.4, 0.5) is 18.0 Å². The van der Waals surface area contributed by atoms with Gasteiger partial charge in [-0.05, 0) is 29.8 Å². The Morgan fingerprint density at radius 3 is 2.48 bits per heavy atom. The Balaban J connectivity index is 2.09. The maximum absolute atomic E-state index is 13.6. The van der Waals surface area contributed by atoms with E-state index in [2.05, 4.69) is 4.98 Å². The summed E-state index contributed by atoms with van der Waals surface area (Å²) in [5.74, 6) is -2.01. The van der Waals surface area contributed by atoms with E-state index in [1.807, 2.05) is 0 Å². The summed E-state index contributed by atoms with van der Waals surface area (Å²) in [7, 11) is 0. The number of alkyl halides is 2. The van der Waals surface area contributed by atoms with Crippen LogP contribution in [0.1, 0.15) is 29.4 Å². The molecule has 142 valence electrons. The van der Waals surface area contributed by atoms with E-state index in [-0.39, 0.29) is 12.2 Å². The van der Waals surface area contributed by atoms with E-state index in [0.717, 1.165) is 11.0 Å². The number of carbonyl (C=O) groups is 2. The number of amides is 2. The lowest BCUT2D eigenvalue weighted by atomic mass is 10.0. The van der Waals surface area contributed by atoms with Gasteiger partial charge < -0.3 is 10.5 Å². The summed E-state index contributed by atoms with van der Waals surface area (Å²) in [5.41, 5.74) is 4.58. The Kier molecular flexibility index (Phi) is 5.22. The molecule has 0 radical (unpaired) electrons. The monoisotopic (exact) mass is 399 g/mol. The summed E-state index contributed by atoms with van der Waals surface area (Å²) < 4.78 is 44.7. The number of carbonyl (C=O) groups excluding carboxylic acids is 2. The zero-order valence-electron chi connectivity index (χ0n) is 13.6. The van der Waals surface area contributed by atoms with Crippen molar-refractivity contribution >= 4 is 23.6 Å². The second-order valence-corrected chi connectivity index (χ2v) is 6.22. The van der Waals surface area contributed by atoms with Crippen LogP contribution < -0.4 is 5.73 Å². The van der Waals surface area contributed by atoms with Gasteiger partial charge in [0.2, 0.25) is 0 Å². The number of nitrogens with two attached hydrogens (primary N) is 1. The molecule has 2 N–H and O–H groups in total. The van der Waals surface area contributed by atoms with E-state index in [9.17, 15) is 22.8 Å². The topological polar surface area (TPSA) is 85.5 Å². The molecule has 1 aromatic heterocycles. The average molecular weight is 400 g/mol. The molecule has 1 unspecified atom stereocenters. The maximum atomic E-state index is 13.6. The summed E-state index contributed by atoms with van der Waals surface area (Å²) in [6, 6.07) is 7.22. The van der Waals surface area contributed by atoms with Gasteiger partial charge in [0.1, 0.15) is 11.7 Å². The van der Waals surface area contributed by atoms with Crippen molar-refractivity contribution in [3.05, 3.63) is 64.2 Å². The van der Waals surface area contributed by atoms with Crippen LogP contribution in [0.2, 0.25) is 5.02 Å². The lowest BCUT2D eigenvalue weighted by Gasteiger charge is -2.26. The average Bonchev–Trinajstić information content (AvgIpc) is 3.00. The first-order valence-corrected chi connectivity index (χ1v) is 8.12. The highest BCUT2D eigenvalue weighted by molar-refractivity contribution is 6.30. The van der Waals surface area contributed by atoms with Crippen LogP contribution in [0.25, 0.3) is 0 Å². The third-order valence-corrected chi connectivity index (χ3v) is 4.29. The van der Waals surface area contributed by atoms with Crippen LogP contribution in [0.15, 0.2) is 36.4 Å². The number of benzene rings is 1. The molecule has 0 spiro atoms. The number of hydrogen-bond acceptors (Lipinski definition) is 4. The van der Waals surface area contributed by atoms with Crippen molar-refractivity contribution in [3.63, 3.8) is 0 Å². The van der Waals surface area contributed by atoms with Gasteiger partial charge in [-0.3, -0.25) is 9.69 Å². The van der Waals surface area contributed by atoms with Gasteiger partial charge in [-0.15, -0.1) is 0 Å². The van der Waals surface area contributed by atoms with Gasteiger partial charge in [-0.2, -0.15) is 0 Å². The highest BCUT2D eigenvalue weighted by Crippen LogP contribution is 2.33. The zero-order valence-corrected chi connectivity index (χ0v) is 14.4. The van der Waals surface area contributed by atoms with Crippen LogP contribution in [0.5, 0.6) is 0 Å². The van der Waals surface area contributed by atoms with Crippen molar-refractivity contribution in [2.24, 2.45) is 5.73 Å². The van der Waals surface area contributed by atoms with Crippen molar-refractivity contribution in [1.82, 2.24) is 9.88 Å². The Labute approximate surface area is 156 Å². The van der Waals surface area contributed by atoms with Gasteiger partial charge in [-0.25, -0.2) is 22.9 Å². The third kappa shape index (κ3) is 3.82. The molecule has 6 nitrogen and oxygen atoms in total. The molecule has 3 rings (SSSR count). The SMILES string of the molecule is NC(=O)C1CN([C@H](c2ccc(Cl)cc2)c2ccc(F)c(C(F)F)n2)C(=O)O1. The first-order chi connectivity index (χ1) is 12.8. The van der Waals surface area contributed by atoms with E-state index >= 15 is 0 Å². The minimum Gasteiger partial charge on any atom is -0.434 e. The molecule has 0 bridgehead atoms. The molecule has 2 heterocycles. The number of aromatic nitrogens is 1. The first-order valence-electron chi connectivity index (χ1n) is 7.74. The largest absolute Gasteiger partial charge is 0.434 e. The smallest absolute Gasteiger partial charge is 0.411 e. The summed E-state index contributed by atoms with van der Waals surface area (Å²) in [5, 5.41) is 0.414. The fraction of sp³-hybridized carbons (Fsp3) is 0.235. The number of primary amides is 1. The highest BCUT2D eigenvalue weighted by atomic mass is 35.5. The van der Waals surface area contributed by atoms with Gasteiger partial charge in [0.15, 0.2) is 11.9 Å². The molecule has 2 amide bonds. The van der Waals surface area contributed by atoms with Crippen LogP contribution in [0, 0.1) is 5.82 Å². The minimum atomic E-state index is -3.14. The molecule has 1 fully saturated rings. The van der Waals surface area contributed by atoms with E-state index < -0.39 is 42.1 Å². The molecule has 1 saturated heterocycles. The van der Waals surface area contributed by atoms with Crippen molar-refractivity contribution in [2.75, 3.05) is 6.54 Å². The third-order valence-electron chi connectivity index (χ3n) is 4.04. The predicted molar refractivity (Wildman–Crippen MR) is 88.6 cm³/mol. The van der Waals surface area contributed by atoms with E-state index in [1.165, 1.54) is 18.2 Å². The standard InChI is InChI=1S/C17H13ClF3N3O3/c18-9-3-1-8(2-4-9)14(24-7-12(16(22)25)27-17(24)26)11-6-5-10(19)13(23-11)15(20)21/h1-6,12,14-15H,7H2,(H2,22,25)/t12?,14-/m1/s1. The van der Waals surface area contributed by atoms with Crippen LogP contribution in [0.3, 0.4) is 0 Å². The molecular weight excluding hydrogens is 387 g/mol. The number of hydrogen-bond donors (Lipinski definition) is 1. The Hall–Kier alpha value is -2.81. The van der Waals surface area contributed by atoms with Gasteiger partial charge in [0, 0.05) is 5.02 Å². The summed E-state index contributed by atoms with van der Waals surface area (Å²) in [6.07, 6.45) is -5.20. The normalized spacial score (nSPS) is 17.9. The van der Waals surface area contributed by atoms with Crippen molar-refractivity contribution in [1.29, 1.82) is 0 Å². The lowest BCUT2D eigenvalue weighted by Crippen LogP contribution is -2.35. The maximum Gasteiger partial charge on any atom is 0.411 e. The molecule has 1 aliphatic rings. The second-order valence-electron chi connectivity index (χ2n) is 5.79. The van der Waals surface area contributed by atoms with Crippen molar-refractivity contribution in [2.45, 2.75) is 18.6 Å². The lowest BCUT2D eigenvalue weighted by molar-refractivity contribution is -0.124. The molecule has 2 aromatic rings. The molecule has 2 atom stereocenters. The predicted octanol–water partition coefficient (Wildman–Crippen LogP) is 3.21. The first kappa shape index (κ1) is 19.0. The summed E-state index contributed by atoms with van der Waals surface area (Å²) in [6.45, 7) is -0.204. The molecule has 0 saturated carbocycles. The van der Waals surface area contributed by atoms with Gasteiger partial charge in [-0.1, -0.05) is 23.7 Å². The van der Waals surface area contributed by atoms with E-state index in [0.29, 0.717) is 10.6 Å². The quantitative estimate of drug-likeness (QED) is 0.836. The van der Waals surface area contributed by atoms with E-state index in [1.54, 1.807) is 12.1 Å². The van der Waals surface area contributed by atoms with Gasteiger partial charge in [0.05, 0.1) is 12.2 Å². The van der Waals surface area contributed by atoms with Crippen molar-refractivity contribution in [3.8, 4) is 0 Å². The Morgan fingerprint density at radius 1 is 1.26 bits per heavy atom. The van der Waals surface area contributed by atoms with Gasteiger partial charge in [0.25, 0.3) is 12.3 Å². The van der Waals surface area contributed by atoms with E-state index in [4.69, 9.17) is 22.1 Å². The molecule has 27 heavy (non-hydrogen) atoms. The number of ether oxygens (including phenoxy) is 1. The second kappa shape index (κ2) is 7.43. The Morgan fingerprint density at radius 2 is 1.93 bits per heavy atom. The van der Waals surface area contributed by atoms with Crippen LogP contribution >= 0.6 is 11.6 Å². The molecular formula is C17H13ClF3N3O3. The number of cyclic esters (lactones) is 1. The zero-order chi connectivity index (χ0) is 19.7. The molecule has 1 aliphatic heterocycles. The van der Waals surface area contributed by atoms with Gasteiger partial charge >= 0.3 is 6.09 Å². The summed E-state index contributed by atoms with van der Waals surface area (Å²) >= 11 is 5.87. The van der Waals surface area contributed by atoms with Crippen molar-refractivity contribution < 1.29 is 27.5 Å². The minimum absolute atomic E-state index is 0.0175. The molecule has 10 heteroatoms. The fourth-order valence-corrected chi connectivity index (χ4v) is 2.90.